The van der Waals surface area contributed by atoms with Gasteiger partial charge in [-0.1, -0.05) is 6.92 Å². The molecule has 21 heavy (non-hydrogen) atoms. The van der Waals surface area contributed by atoms with Gasteiger partial charge in [0.25, 0.3) is 0 Å². The maximum absolute atomic E-state index is 4.56. The molecule has 0 radical (unpaired) electrons. The number of likely N-dealkylation sites (tertiary alicyclic amines) is 1. The largest absolute Gasteiger partial charge is 0.370 e. The molecule has 114 valence electrons. The standard InChI is InChI=1S/C16H25N5/c1-2-14-13-16(21-15(19-14)7-9-18-21)17-8-3-4-10-20-11-5-6-12-20/h7,9,13,17H,2-6,8,10-12H2,1H3. The average molecular weight is 287 g/mol. The van der Waals surface area contributed by atoms with Crippen LogP contribution < -0.4 is 5.32 Å². The number of aromatic nitrogens is 3. The Morgan fingerprint density at radius 1 is 1.24 bits per heavy atom. The summed E-state index contributed by atoms with van der Waals surface area (Å²) in [6.45, 7) is 6.97. The summed E-state index contributed by atoms with van der Waals surface area (Å²) in [7, 11) is 0. The molecule has 0 unspecified atom stereocenters. The summed E-state index contributed by atoms with van der Waals surface area (Å²) in [4.78, 5) is 7.14. The first-order valence-corrected chi connectivity index (χ1v) is 8.16. The Labute approximate surface area is 126 Å². The SMILES string of the molecule is CCc1cc(NCCCCN2CCCC2)n2nccc2n1. The van der Waals surface area contributed by atoms with E-state index in [4.69, 9.17) is 0 Å². The number of unbranched alkanes of at least 4 members (excludes halogenated alkanes) is 1. The molecule has 0 aliphatic carbocycles. The molecule has 1 aliphatic heterocycles. The molecule has 5 heteroatoms. The number of anilines is 1. The fourth-order valence-corrected chi connectivity index (χ4v) is 2.96. The number of fused-ring (bicyclic) bond motifs is 1. The Morgan fingerprint density at radius 3 is 2.90 bits per heavy atom. The summed E-state index contributed by atoms with van der Waals surface area (Å²) in [6.07, 6.45) is 7.98. The Kier molecular flexibility index (Phi) is 4.70. The van der Waals surface area contributed by atoms with Crippen LogP contribution >= 0.6 is 0 Å². The van der Waals surface area contributed by atoms with E-state index >= 15 is 0 Å². The van der Waals surface area contributed by atoms with Crippen LogP contribution in [-0.4, -0.2) is 45.7 Å². The highest BCUT2D eigenvalue weighted by molar-refractivity contribution is 5.49. The minimum atomic E-state index is 0.925. The summed E-state index contributed by atoms with van der Waals surface area (Å²) in [6, 6.07) is 4.07. The van der Waals surface area contributed by atoms with Crippen LogP contribution in [0.2, 0.25) is 0 Å². The second kappa shape index (κ2) is 6.89. The second-order valence-electron chi connectivity index (χ2n) is 5.77. The van der Waals surface area contributed by atoms with Gasteiger partial charge < -0.3 is 10.2 Å². The molecule has 1 fully saturated rings. The summed E-state index contributed by atoms with van der Waals surface area (Å²) in [5.74, 6) is 1.06. The molecule has 2 aromatic rings. The maximum Gasteiger partial charge on any atom is 0.157 e. The summed E-state index contributed by atoms with van der Waals surface area (Å²) < 4.78 is 1.89. The molecular formula is C16H25N5. The van der Waals surface area contributed by atoms with Crippen molar-refractivity contribution < 1.29 is 0 Å². The van der Waals surface area contributed by atoms with Gasteiger partial charge in [-0.3, -0.25) is 0 Å². The number of aryl methyl sites for hydroxylation is 1. The van der Waals surface area contributed by atoms with E-state index in [1.54, 1.807) is 6.20 Å². The zero-order valence-electron chi connectivity index (χ0n) is 12.9. The van der Waals surface area contributed by atoms with Crippen molar-refractivity contribution in [2.75, 3.05) is 31.5 Å². The topological polar surface area (TPSA) is 45.5 Å². The van der Waals surface area contributed by atoms with Gasteiger partial charge in [0.05, 0.1) is 6.20 Å². The van der Waals surface area contributed by atoms with Gasteiger partial charge in [-0.15, -0.1) is 0 Å². The van der Waals surface area contributed by atoms with Gasteiger partial charge in [0.2, 0.25) is 0 Å². The van der Waals surface area contributed by atoms with Crippen molar-refractivity contribution in [2.45, 2.75) is 39.0 Å². The monoisotopic (exact) mass is 287 g/mol. The van der Waals surface area contributed by atoms with Crippen LogP contribution in [0.3, 0.4) is 0 Å². The lowest BCUT2D eigenvalue weighted by molar-refractivity contribution is 0.331. The highest BCUT2D eigenvalue weighted by Gasteiger charge is 2.10. The van der Waals surface area contributed by atoms with Crippen LogP contribution in [0.4, 0.5) is 5.82 Å². The normalized spacial score (nSPS) is 15.9. The molecule has 2 aromatic heterocycles. The van der Waals surface area contributed by atoms with Gasteiger partial charge in [-0.25, -0.2) is 4.98 Å². The smallest absolute Gasteiger partial charge is 0.157 e. The Balaban J connectivity index is 1.51. The zero-order chi connectivity index (χ0) is 14.5. The number of rotatable bonds is 7. The summed E-state index contributed by atoms with van der Waals surface area (Å²) in [5, 5.41) is 7.86. The van der Waals surface area contributed by atoms with Crippen molar-refractivity contribution in [3.05, 3.63) is 24.0 Å². The van der Waals surface area contributed by atoms with Crippen molar-refractivity contribution in [2.24, 2.45) is 0 Å². The van der Waals surface area contributed by atoms with Gasteiger partial charge >= 0.3 is 0 Å². The number of nitrogens with zero attached hydrogens (tertiary/aromatic N) is 4. The van der Waals surface area contributed by atoms with E-state index < -0.39 is 0 Å². The summed E-state index contributed by atoms with van der Waals surface area (Å²) in [5.41, 5.74) is 2.04. The highest BCUT2D eigenvalue weighted by atomic mass is 15.3. The molecule has 0 saturated carbocycles. The van der Waals surface area contributed by atoms with Crippen molar-refractivity contribution in [1.82, 2.24) is 19.5 Å². The Hall–Kier alpha value is -1.62. The van der Waals surface area contributed by atoms with Crippen molar-refractivity contribution in [3.63, 3.8) is 0 Å². The maximum atomic E-state index is 4.56. The first kappa shape index (κ1) is 14.3. The van der Waals surface area contributed by atoms with Crippen molar-refractivity contribution in [1.29, 1.82) is 0 Å². The van der Waals surface area contributed by atoms with Gasteiger partial charge in [0, 0.05) is 24.4 Å². The molecule has 3 rings (SSSR count). The van der Waals surface area contributed by atoms with Crippen LogP contribution in [0.25, 0.3) is 5.65 Å². The third-order valence-electron chi connectivity index (χ3n) is 4.18. The lowest BCUT2D eigenvalue weighted by Crippen LogP contribution is -2.21. The van der Waals surface area contributed by atoms with E-state index in [2.05, 4.69) is 33.3 Å². The third-order valence-corrected chi connectivity index (χ3v) is 4.18. The van der Waals surface area contributed by atoms with Crippen molar-refractivity contribution >= 4 is 11.5 Å². The van der Waals surface area contributed by atoms with E-state index in [1.165, 1.54) is 45.3 Å². The first-order valence-electron chi connectivity index (χ1n) is 8.16. The highest BCUT2D eigenvalue weighted by Crippen LogP contribution is 2.13. The van der Waals surface area contributed by atoms with Gasteiger partial charge in [-0.05, 0) is 51.7 Å². The van der Waals surface area contributed by atoms with Gasteiger partial charge in [0.15, 0.2) is 5.65 Å². The van der Waals surface area contributed by atoms with E-state index in [0.717, 1.165) is 30.1 Å². The third kappa shape index (κ3) is 3.53. The number of hydrogen-bond acceptors (Lipinski definition) is 4. The van der Waals surface area contributed by atoms with Gasteiger partial charge in [0.1, 0.15) is 5.82 Å². The quantitative estimate of drug-likeness (QED) is 0.795. The minimum absolute atomic E-state index is 0.925. The van der Waals surface area contributed by atoms with Gasteiger partial charge in [-0.2, -0.15) is 9.61 Å². The molecule has 1 saturated heterocycles. The Bertz CT molecular complexity index is 571. The molecule has 0 spiro atoms. The Morgan fingerprint density at radius 2 is 2.10 bits per heavy atom. The van der Waals surface area contributed by atoms with E-state index in [9.17, 15) is 0 Å². The lowest BCUT2D eigenvalue weighted by atomic mass is 10.3. The molecule has 5 nitrogen and oxygen atoms in total. The van der Waals surface area contributed by atoms with Crippen LogP contribution in [-0.2, 0) is 6.42 Å². The molecule has 0 amide bonds. The number of nitrogens with one attached hydrogen (secondary N) is 1. The predicted octanol–water partition coefficient (Wildman–Crippen LogP) is 2.58. The van der Waals surface area contributed by atoms with Crippen LogP contribution in [0.1, 0.15) is 38.3 Å². The predicted molar refractivity (Wildman–Crippen MR) is 85.8 cm³/mol. The average Bonchev–Trinajstić information content (AvgIpc) is 3.17. The van der Waals surface area contributed by atoms with E-state index in [-0.39, 0.29) is 0 Å². The molecule has 0 aromatic carbocycles. The summed E-state index contributed by atoms with van der Waals surface area (Å²) >= 11 is 0. The molecule has 0 atom stereocenters. The van der Waals surface area contributed by atoms with E-state index in [1.807, 2.05) is 10.6 Å². The fourth-order valence-electron chi connectivity index (χ4n) is 2.96. The second-order valence-corrected chi connectivity index (χ2v) is 5.77. The molecule has 0 bridgehead atoms. The van der Waals surface area contributed by atoms with Crippen molar-refractivity contribution in [3.8, 4) is 0 Å². The molecule has 3 heterocycles. The molecule has 1 aliphatic rings. The number of hydrogen-bond donors (Lipinski definition) is 1. The zero-order valence-corrected chi connectivity index (χ0v) is 12.9. The van der Waals surface area contributed by atoms with Crippen LogP contribution in [0.15, 0.2) is 18.3 Å². The fraction of sp³-hybridized carbons (Fsp3) is 0.625. The van der Waals surface area contributed by atoms with Crippen LogP contribution in [0.5, 0.6) is 0 Å². The molecule has 1 N–H and O–H groups in total. The van der Waals surface area contributed by atoms with Crippen LogP contribution in [0, 0.1) is 0 Å². The minimum Gasteiger partial charge on any atom is -0.370 e. The van der Waals surface area contributed by atoms with E-state index in [0.29, 0.717) is 0 Å². The molecular weight excluding hydrogens is 262 g/mol. The lowest BCUT2D eigenvalue weighted by Gasteiger charge is -2.14. The first-order chi connectivity index (χ1) is 10.4.